The first-order chi connectivity index (χ1) is 10.1. The van der Waals surface area contributed by atoms with Crippen LogP contribution >= 0.6 is 0 Å². The highest BCUT2D eigenvalue weighted by molar-refractivity contribution is 5.32. The second-order valence-corrected chi connectivity index (χ2v) is 5.25. The van der Waals surface area contributed by atoms with E-state index in [0.29, 0.717) is 18.5 Å². The zero-order valence-electron chi connectivity index (χ0n) is 13.1. The fourth-order valence-corrected chi connectivity index (χ4v) is 1.86. The zero-order valence-corrected chi connectivity index (χ0v) is 13.1. The van der Waals surface area contributed by atoms with Crippen LogP contribution in [0.3, 0.4) is 0 Å². The quantitative estimate of drug-likeness (QED) is 0.884. The Kier molecular flexibility index (Phi) is 5.22. The molecule has 0 aromatic carbocycles. The average molecular weight is 286 g/mol. The maximum Gasteiger partial charge on any atom is 0.238 e. The van der Waals surface area contributed by atoms with Gasteiger partial charge in [-0.2, -0.15) is 5.10 Å². The Labute approximate surface area is 125 Å². The minimum atomic E-state index is 0.425. The molecule has 0 unspecified atom stereocenters. The fraction of sp³-hybridized carbons (Fsp3) is 0.438. The van der Waals surface area contributed by atoms with Crippen LogP contribution in [0.4, 0.5) is 0 Å². The smallest absolute Gasteiger partial charge is 0.238 e. The first-order valence-electron chi connectivity index (χ1n) is 7.29. The molecule has 0 saturated carbocycles. The number of hydrogen-bond acceptors (Lipinski definition) is 5. The van der Waals surface area contributed by atoms with Gasteiger partial charge in [0.25, 0.3) is 0 Å². The summed E-state index contributed by atoms with van der Waals surface area (Å²) in [4.78, 5) is 4.47. The first-order valence-corrected chi connectivity index (χ1v) is 7.29. The van der Waals surface area contributed by atoms with Crippen molar-refractivity contribution in [3.05, 3.63) is 41.3 Å². The molecule has 0 spiro atoms. The minimum Gasteiger partial charge on any atom is -0.436 e. The van der Waals surface area contributed by atoms with Crippen LogP contribution in [-0.2, 0) is 13.0 Å². The minimum absolute atomic E-state index is 0.425. The van der Waals surface area contributed by atoms with Crippen molar-refractivity contribution >= 4 is 0 Å². The lowest BCUT2D eigenvalue weighted by atomic mass is 10.2. The van der Waals surface area contributed by atoms with Gasteiger partial charge in [0.2, 0.25) is 5.88 Å². The van der Waals surface area contributed by atoms with Crippen molar-refractivity contribution in [3.63, 3.8) is 0 Å². The van der Waals surface area contributed by atoms with Crippen molar-refractivity contribution < 1.29 is 4.74 Å². The van der Waals surface area contributed by atoms with Crippen molar-refractivity contribution in [3.8, 4) is 11.6 Å². The summed E-state index contributed by atoms with van der Waals surface area (Å²) in [6.45, 7) is 8.93. The van der Waals surface area contributed by atoms with Crippen LogP contribution in [0, 0.1) is 6.92 Å². The molecule has 0 radical (unpaired) electrons. The van der Waals surface area contributed by atoms with Crippen LogP contribution in [0.2, 0.25) is 0 Å². The number of nitrogens with one attached hydrogen (secondary N) is 1. The Morgan fingerprint density at radius 1 is 1.14 bits per heavy atom. The summed E-state index contributed by atoms with van der Waals surface area (Å²) >= 11 is 0. The summed E-state index contributed by atoms with van der Waals surface area (Å²) < 4.78 is 5.78. The third kappa shape index (κ3) is 4.49. The number of aromatic nitrogens is 3. The van der Waals surface area contributed by atoms with E-state index >= 15 is 0 Å². The van der Waals surface area contributed by atoms with Crippen molar-refractivity contribution in [2.24, 2.45) is 0 Å². The molecule has 2 aromatic heterocycles. The van der Waals surface area contributed by atoms with Gasteiger partial charge >= 0.3 is 0 Å². The van der Waals surface area contributed by atoms with Crippen LogP contribution in [-0.4, -0.2) is 21.2 Å². The molecule has 112 valence electrons. The molecule has 2 aromatic rings. The van der Waals surface area contributed by atoms with Crippen LogP contribution in [0.15, 0.2) is 24.3 Å². The number of aryl methyl sites for hydroxylation is 2. The highest BCUT2D eigenvalue weighted by atomic mass is 16.5. The Hall–Kier alpha value is -2.01. The monoisotopic (exact) mass is 286 g/mol. The van der Waals surface area contributed by atoms with E-state index in [4.69, 9.17) is 4.74 Å². The van der Waals surface area contributed by atoms with Gasteiger partial charge in [-0.25, -0.2) is 0 Å². The summed E-state index contributed by atoms with van der Waals surface area (Å²) in [6.07, 6.45) is 0.820. The Balaban J connectivity index is 2.06. The summed E-state index contributed by atoms with van der Waals surface area (Å²) in [5.74, 6) is 1.23. The summed E-state index contributed by atoms with van der Waals surface area (Å²) in [6, 6.07) is 8.04. The van der Waals surface area contributed by atoms with Gasteiger partial charge in [0, 0.05) is 24.3 Å². The van der Waals surface area contributed by atoms with Gasteiger partial charge in [0.15, 0.2) is 5.75 Å². The lowest BCUT2D eigenvalue weighted by Crippen LogP contribution is -2.22. The molecule has 0 atom stereocenters. The van der Waals surface area contributed by atoms with E-state index in [1.54, 1.807) is 0 Å². The second kappa shape index (κ2) is 7.13. The van der Waals surface area contributed by atoms with E-state index in [2.05, 4.69) is 41.3 Å². The number of hydrogen-bond donors (Lipinski definition) is 1. The highest BCUT2D eigenvalue weighted by Crippen LogP contribution is 2.23. The van der Waals surface area contributed by atoms with Gasteiger partial charge in [-0.3, -0.25) is 4.98 Å². The summed E-state index contributed by atoms with van der Waals surface area (Å²) in [7, 11) is 0. The van der Waals surface area contributed by atoms with Crippen LogP contribution in [0.25, 0.3) is 0 Å². The molecule has 0 amide bonds. The fourth-order valence-electron chi connectivity index (χ4n) is 1.86. The molecular weight excluding hydrogens is 264 g/mol. The maximum atomic E-state index is 5.78. The molecule has 5 heteroatoms. The zero-order chi connectivity index (χ0) is 15.2. The second-order valence-electron chi connectivity index (χ2n) is 5.25. The summed E-state index contributed by atoms with van der Waals surface area (Å²) in [5, 5.41) is 11.6. The molecule has 0 saturated heterocycles. The SMILES string of the molecule is CCc1nc(C)ccc1Oc1ccc(CNC(C)C)nn1. The molecule has 21 heavy (non-hydrogen) atoms. The van der Waals surface area contributed by atoms with Gasteiger partial charge < -0.3 is 10.1 Å². The van der Waals surface area contributed by atoms with E-state index in [0.717, 1.165) is 29.3 Å². The number of pyridine rings is 1. The third-order valence-corrected chi connectivity index (χ3v) is 3.01. The third-order valence-electron chi connectivity index (χ3n) is 3.01. The number of ether oxygens (including phenoxy) is 1. The van der Waals surface area contributed by atoms with E-state index in [1.165, 1.54) is 0 Å². The van der Waals surface area contributed by atoms with Gasteiger partial charge in [-0.05, 0) is 31.5 Å². The summed E-state index contributed by atoms with van der Waals surface area (Å²) in [5.41, 5.74) is 2.82. The predicted octanol–water partition coefficient (Wildman–Crippen LogP) is 3.03. The van der Waals surface area contributed by atoms with Crippen molar-refractivity contribution in [2.45, 2.75) is 46.7 Å². The van der Waals surface area contributed by atoms with Gasteiger partial charge in [0.05, 0.1) is 11.4 Å². The molecule has 2 rings (SSSR count). The van der Waals surface area contributed by atoms with Crippen molar-refractivity contribution in [2.75, 3.05) is 0 Å². The molecule has 1 N–H and O–H groups in total. The molecule has 0 fully saturated rings. The standard InChI is InChI=1S/C16H22N4O/c1-5-14-15(8-6-12(4)18-14)21-16-9-7-13(19-20-16)10-17-11(2)3/h6-9,11,17H,5,10H2,1-4H3. The molecule has 0 aliphatic rings. The predicted molar refractivity (Wildman–Crippen MR) is 82.4 cm³/mol. The molecular formula is C16H22N4O. The molecule has 0 aliphatic carbocycles. The van der Waals surface area contributed by atoms with E-state index in [9.17, 15) is 0 Å². The first kappa shape index (κ1) is 15.4. The topological polar surface area (TPSA) is 59.9 Å². The molecule has 0 bridgehead atoms. The lowest BCUT2D eigenvalue weighted by molar-refractivity contribution is 0.444. The van der Waals surface area contributed by atoms with Crippen LogP contribution in [0.1, 0.15) is 37.9 Å². The molecule has 5 nitrogen and oxygen atoms in total. The van der Waals surface area contributed by atoms with Gasteiger partial charge in [-0.15, -0.1) is 5.10 Å². The lowest BCUT2D eigenvalue weighted by Gasteiger charge is -2.10. The molecule has 2 heterocycles. The molecule has 0 aliphatic heterocycles. The van der Waals surface area contributed by atoms with Crippen LogP contribution in [0.5, 0.6) is 11.6 Å². The average Bonchev–Trinajstić information content (AvgIpc) is 2.48. The largest absolute Gasteiger partial charge is 0.436 e. The van der Waals surface area contributed by atoms with E-state index < -0.39 is 0 Å². The highest BCUT2D eigenvalue weighted by Gasteiger charge is 2.07. The van der Waals surface area contributed by atoms with Gasteiger partial charge in [-0.1, -0.05) is 20.8 Å². The van der Waals surface area contributed by atoms with E-state index in [1.807, 2.05) is 31.2 Å². The maximum absolute atomic E-state index is 5.78. The Morgan fingerprint density at radius 3 is 2.57 bits per heavy atom. The van der Waals surface area contributed by atoms with Gasteiger partial charge in [0.1, 0.15) is 0 Å². The van der Waals surface area contributed by atoms with Crippen molar-refractivity contribution in [1.29, 1.82) is 0 Å². The number of rotatable bonds is 6. The van der Waals surface area contributed by atoms with Crippen LogP contribution < -0.4 is 10.1 Å². The van der Waals surface area contributed by atoms with E-state index in [-0.39, 0.29) is 0 Å². The Bertz CT molecular complexity index is 581. The normalized spacial score (nSPS) is 10.9. The number of nitrogens with zero attached hydrogens (tertiary/aromatic N) is 3. The Morgan fingerprint density at radius 2 is 1.95 bits per heavy atom. The van der Waals surface area contributed by atoms with Crippen molar-refractivity contribution in [1.82, 2.24) is 20.5 Å².